The van der Waals surface area contributed by atoms with Crippen LogP contribution in [0.1, 0.15) is 35.8 Å². The van der Waals surface area contributed by atoms with Gasteiger partial charge < -0.3 is 9.32 Å². The number of hydrogen-bond acceptors (Lipinski definition) is 2. The van der Waals surface area contributed by atoms with Crippen molar-refractivity contribution >= 4 is 17.5 Å². The van der Waals surface area contributed by atoms with Crippen molar-refractivity contribution in [2.45, 2.75) is 19.9 Å². The predicted molar refractivity (Wildman–Crippen MR) is 75.2 cm³/mol. The number of furan rings is 1. The van der Waals surface area contributed by atoms with E-state index in [9.17, 15) is 9.18 Å². The Balaban J connectivity index is 2.25. The van der Waals surface area contributed by atoms with Crippen LogP contribution in [0.5, 0.6) is 0 Å². The second-order valence-electron chi connectivity index (χ2n) is 4.43. The number of halogens is 2. The van der Waals surface area contributed by atoms with Crippen LogP contribution in [0, 0.1) is 5.82 Å². The summed E-state index contributed by atoms with van der Waals surface area (Å²) in [6.45, 7) is 4.29. The summed E-state index contributed by atoms with van der Waals surface area (Å²) in [5.74, 6) is -0.503. The largest absolute Gasteiger partial charge is 0.452 e. The number of amides is 1. The molecule has 5 heteroatoms. The van der Waals surface area contributed by atoms with Crippen molar-refractivity contribution in [3.05, 3.63) is 58.8 Å². The fourth-order valence-electron chi connectivity index (χ4n) is 2.12. The van der Waals surface area contributed by atoms with Crippen molar-refractivity contribution in [2.24, 2.45) is 0 Å². The van der Waals surface area contributed by atoms with Gasteiger partial charge in [0, 0.05) is 6.54 Å². The second kappa shape index (κ2) is 6.09. The van der Waals surface area contributed by atoms with Crippen molar-refractivity contribution in [3.8, 4) is 0 Å². The number of benzene rings is 1. The molecule has 1 atom stereocenters. The minimum Gasteiger partial charge on any atom is -0.452 e. The van der Waals surface area contributed by atoms with Gasteiger partial charge in [-0.2, -0.15) is 0 Å². The molecule has 0 saturated heterocycles. The Kier molecular flexibility index (Phi) is 4.45. The van der Waals surface area contributed by atoms with Crippen LogP contribution < -0.4 is 0 Å². The predicted octanol–water partition coefficient (Wildman–Crippen LogP) is 4.30. The summed E-state index contributed by atoms with van der Waals surface area (Å²) in [5, 5.41) is 0.0831. The van der Waals surface area contributed by atoms with Crippen LogP contribution in [-0.2, 0) is 0 Å². The van der Waals surface area contributed by atoms with Gasteiger partial charge in [-0.1, -0.05) is 12.1 Å². The number of carbonyl (C=O) groups excluding carboxylic acids is 1. The molecule has 2 aromatic rings. The van der Waals surface area contributed by atoms with Crippen molar-refractivity contribution in [1.82, 2.24) is 4.90 Å². The van der Waals surface area contributed by atoms with E-state index in [0.717, 1.165) is 5.56 Å². The van der Waals surface area contributed by atoms with Crippen LogP contribution in [0.25, 0.3) is 0 Å². The fourth-order valence-corrected chi connectivity index (χ4v) is 2.31. The third-order valence-corrected chi connectivity index (χ3v) is 3.56. The van der Waals surface area contributed by atoms with Gasteiger partial charge in [-0.15, -0.1) is 0 Å². The van der Waals surface area contributed by atoms with E-state index in [1.807, 2.05) is 13.8 Å². The van der Waals surface area contributed by atoms with Crippen LogP contribution in [0.15, 0.2) is 41.0 Å². The third-order valence-electron chi connectivity index (χ3n) is 3.27. The highest BCUT2D eigenvalue weighted by molar-refractivity contribution is 6.32. The van der Waals surface area contributed by atoms with Gasteiger partial charge in [0.25, 0.3) is 5.91 Å². The topological polar surface area (TPSA) is 33.5 Å². The maximum atomic E-state index is 13.0. The van der Waals surface area contributed by atoms with Crippen LogP contribution in [0.2, 0.25) is 5.22 Å². The monoisotopic (exact) mass is 295 g/mol. The number of rotatable bonds is 4. The lowest BCUT2D eigenvalue weighted by molar-refractivity contribution is 0.0702. The molecule has 20 heavy (non-hydrogen) atoms. The Hall–Kier alpha value is -1.81. The van der Waals surface area contributed by atoms with Crippen LogP contribution in [-0.4, -0.2) is 17.4 Å². The average molecular weight is 296 g/mol. The fraction of sp³-hybridized carbons (Fsp3) is 0.267. The molecule has 1 amide bonds. The molecule has 1 heterocycles. The summed E-state index contributed by atoms with van der Waals surface area (Å²) in [4.78, 5) is 14.1. The molecule has 0 aliphatic rings. The lowest BCUT2D eigenvalue weighted by Crippen LogP contribution is -2.33. The Labute approximate surface area is 121 Å². The van der Waals surface area contributed by atoms with Crippen molar-refractivity contribution in [3.63, 3.8) is 0 Å². The highest BCUT2D eigenvalue weighted by Gasteiger charge is 2.24. The summed E-state index contributed by atoms with van der Waals surface area (Å²) < 4.78 is 17.9. The van der Waals surface area contributed by atoms with E-state index < -0.39 is 0 Å². The van der Waals surface area contributed by atoms with E-state index in [4.69, 9.17) is 16.0 Å². The van der Waals surface area contributed by atoms with E-state index >= 15 is 0 Å². The molecule has 2 rings (SSSR count). The quantitative estimate of drug-likeness (QED) is 0.843. The molecule has 0 fully saturated rings. The van der Waals surface area contributed by atoms with E-state index in [1.165, 1.54) is 18.4 Å². The first-order valence-corrected chi connectivity index (χ1v) is 6.71. The molecule has 1 aromatic carbocycles. The molecule has 3 nitrogen and oxygen atoms in total. The Bertz CT molecular complexity index is 594. The first-order chi connectivity index (χ1) is 9.54. The van der Waals surface area contributed by atoms with Gasteiger partial charge >= 0.3 is 0 Å². The first kappa shape index (κ1) is 14.6. The normalized spacial score (nSPS) is 12.2. The Morgan fingerprint density at radius 2 is 2.00 bits per heavy atom. The van der Waals surface area contributed by atoms with Crippen molar-refractivity contribution in [1.29, 1.82) is 0 Å². The molecule has 0 radical (unpaired) electrons. The summed E-state index contributed by atoms with van der Waals surface area (Å²) in [6, 6.07) is 7.48. The van der Waals surface area contributed by atoms with Crippen molar-refractivity contribution in [2.75, 3.05) is 6.54 Å². The summed E-state index contributed by atoms with van der Waals surface area (Å²) in [6.07, 6.45) is 1.38. The maximum Gasteiger partial charge on any atom is 0.259 e. The zero-order valence-corrected chi connectivity index (χ0v) is 12.0. The van der Waals surface area contributed by atoms with E-state index in [2.05, 4.69) is 0 Å². The van der Waals surface area contributed by atoms with E-state index in [-0.39, 0.29) is 23.0 Å². The number of carbonyl (C=O) groups is 1. The molecule has 1 unspecified atom stereocenters. The lowest BCUT2D eigenvalue weighted by Gasteiger charge is -2.28. The van der Waals surface area contributed by atoms with Gasteiger partial charge in [0.1, 0.15) is 5.82 Å². The Morgan fingerprint density at radius 1 is 1.35 bits per heavy atom. The number of nitrogens with zero attached hydrogens (tertiary/aromatic N) is 1. The third kappa shape index (κ3) is 2.85. The first-order valence-electron chi connectivity index (χ1n) is 6.34. The SMILES string of the molecule is CCN(C(=O)c1ccoc1Cl)C(C)c1ccc(F)cc1. The van der Waals surface area contributed by atoms with E-state index in [0.29, 0.717) is 12.1 Å². The van der Waals surface area contributed by atoms with Gasteiger partial charge in [0.15, 0.2) is 0 Å². The minimum atomic E-state index is -0.298. The molecular weight excluding hydrogens is 281 g/mol. The van der Waals surface area contributed by atoms with E-state index in [1.54, 1.807) is 23.1 Å². The van der Waals surface area contributed by atoms with Gasteiger partial charge in [0.05, 0.1) is 17.9 Å². The molecule has 0 N–H and O–H groups in total. The highest BCUT2D eigenvalue weighted by atomic mass is 35.5. The second-order valence-corrected chi connectivity index (χ2v) is 4.77. The van der Waals surface area contributed by atoms with Crippen LogP contribution in [0.4, 0.5) is 4.39 Å². The van der Waals surface area contributed by atoms with Gasteiger partial charge in [0.2, 0.25) is 5.22 Å². The molecule has 106 valence electrons. The summed E-state index contributed by atoms with van der Waals surface area (Å²) in [5.41, 5.74) is 1.20. The molecule has 0 aliphatic heterocycles. The van der Waals surface area contributed by atoms with Crippen LogP contribution >= 0.6 is 11.6 Å². The smallest absolute Gasteiger partial charge is 0.259 e. The standard InChI is InChI=1S/C15H15ClFNO2/c1-3-18(15(19)13-8-9-20-14(13)16)10(2)11-4-6-12(17)7-5-11/h4-10H,3H2,1-2H3. The lowest BCUT2D eigenvalue weighted by atomic mass is 10.1. The average Bonchev–Trinajstić information content (AvgIpc) is 2.86. The van der Waals surface area contributed by atoms with Gasteiger partial charge in [-0.05, 0) is 49.2 Å². The summed E-state index contributed by atoms with van der Waals surface area (Å²) >= 11 is 5.84. The maximum absolute atomic E-state index is 13.0. The van der Waals surface area contributed by atoms with Gasteiger partial charge in [-0.3, -0.25) is 4.79 Å². The molecule has 1 aromatic heterocycles. The van der Waals surface area contributed by atoms with Crippen LogP contribution in [0.3, 0.4) is 0 Å². The zero-order chi connectivity index (χ0) is 14.7. The molecular formula is C15H15ClFNO2. The minimum absolute atomic E-state index is 0.0831. The molecule has 0 bridgehead atoms. The summed E-state index contributed by atoms with van der Waals surface area (Å²) in [7, 11) is 0. The molecule has 0 saturated carbocycles. The van der Waals surface area contributed by atoms with Gasteiger partial charge in [-0.25, -0.2) is 4.39 Å². The zero-order valence-electron chi connectivity index (χ0n) is 11.3. The molecule has 0 aliphatic carbocycles. The Morgan fingerprint density at radius 3 is 2.50 bits per heavy atom. The number of hydrogen-bond donors (Lipinski definition) is 0. The molecule has 0 spiro atoms. The van der Waals surface area contributed by atoms with Crippen molar-refractivity contribution < 1.29 is 13.6 Å². The highest BCUT2D eigenvalue weighted by Crippen LogP contribution is 2.25.